The fraction of sp³-hybridized carbons (Fsp3) is 0.375. The van der Waals surface area contributed by atoms with Crippen LogP contribution >= 0.6 is 0 Å². The molecule has 0 fully saturated rings. The summed E-state index contributed by atoms with van der Waals surface area (Å²) in [5.41, 5.74) is 2.61. The largest absolute Gasteiger partial charge is 0.497 e. The van der Waals surface area contributed by atoms with Crippen LogP contribution in [-0.2, 0) is 13.0 Å². The fourth-order valence-electron chi connectivity index (χ4n) is 2.31. The van der Waals surface area contributed by atoms with Crippen LogP contribution in [0.3, 0.4) is 0 Å². The highest BCUT2D eigenvalue weighted by atomic mass is 16.5. The Bertz CT molecular complexity index is 569. The Morgan fingerprint density at radius 2 is 2.16 bits per heavy atom. The van der Waals surface area contributed by atoms with Gasteiger partial charge in [-0.05, 0) is 44.3 Å². The van der Waals surface area contributed by atoms with Crippen LogP contribution in [0.5, 0.6) is 5.75 Å². The molecule has 0 atom stereocenters. The summed E-state index contributed by atoms with van der Waals surface area (Å²) >= 11 is 0. The van der Waals surface area contributed by atoms with Crippen LogP contribution in [0.15, 0.2) is 37.1 Å². The molecule has 0 saturated carbocycles. The highest BCUT2D eigenvalue weighted by Crippen LogP contribution is 2.26. The van der Waals surface area contributed by atoms with Crippen molar-refractivity contribution in [3.63, 3.8) is 0 Å². The maximum atomic E-state index is 5.33. The molecule has 0 spiro atoms. The van der Waals surface area contributed by atoms with Gasteiger partial charge in [0.2, 0.25) is 0 Å². The summed E-state index contributed by atoms with van der Waals surface area (Å²) < 4.78 is 7.58. The predicted molar refractivity (Wildman–Crippen MR) is 80.9 cm³/mol. The lowest BCUT2D eigenvalue weighted by Crippen LogP contribution is -2.14. The van der Waals surface area contributed by atoms with E-state index in [1.807, 2.05) is 12.1 Å². The molecular weight excluding hydrogens is 236 g/mol. The van der Waals surface area contributed by atoms with Crippen LogP contribution in [-0.4, -0.2) is 37.2 Å². The first-order chi connectivity index (χ1) is 9.15. The van der Waals surface area contributed by atoms with Crippen LogP contribution in [0, 0.1) is 0 Å². The summed E-state index contributed by atoms with van der Waals surface area (Å²) in [6.45, 7) is 5.71. The number of aromatic nitrogens is 1. The maximum Gasteiger partial charge on any atom is 0.119 e. The summed E-state index contributed by atoms with van der Waals surface area (Å²) in [5, 5.41) is 1.28. The van der Waals surface area contributed by atoms with Crippen LogP contribution in [0.25, 0.3) is 10.9 Å². The highest BCUT2D eigenvalue weighted by molar-refractivity contribution is 5.85. The third kappa shape index (κ3) is 2.99. The van der Waals surface area contributed by atoms with Crippen molar-refractivity contribution in [1.82, 2.24) is 9.47 Å². The molecule has 1 aromatic heterocycles. The van der Waals surface area contributed by atoms with E-state index >= 15 is 0 Å². The number of benzene rings is 1. The van der Waals surface area contributed by atoms with Crippen molar-refractivity contribution in [3.8, 4) is 5.75 Å². The van der Waals surface area contributed by atoms with Crippen LogP contribution in [0.1, 0.15) is 5.56 Å². The molecule has 1 aromatic carbocycles. The van der Waals surface area contributed by atoms with Crippen LogP contribution < -0.4 is 4.74 Å². The Hall–Kier alpha value is -1.74. The first-order valence-electron chi connectivity index (χ1n) is 6.57. The molecule has 3 heteroatoms. The molecule has 0 amide bonds. The van der Waals surface area contributed by atoms with Gasteiger partial charge < -0.3 is 14.2 Å². The lowest BCUT2D eigenvalue weighted by atomic mass is 10.1. The second-order valence-corrected chi connectivity index (χ2v) is 5.03. The summed E-state index contributed by atoms with van der Waals surface area (Å²) in [7, 11) is 5.91. The number of likely N-dealkylation sites (N-methyl/N-ethyl adjacent to an activating group) is 1. The van der Waals surface area contributed by atoms with E-state index in [2.05, 4.69) is 48.5 Å². The molecule has 0 N–H and O–H groups in total. The molecule has 0 unspecified atom stereocenters. The molecule has 19 heavy (non-hydrogen) atoms. The number of rotatable bonds is 6. The topological polar surface area (TPSA) is 17.4 Å². The molecular formula is C16H22N2O. The maximum absolute atomic E-state index is 5.33. The summed E-state index contributed by atoms with van der Waals surface area (Å²) in [6.07, 6.45) is 5.20. The van der Waals surface area contributed by atoms with E-state index < -0.39 is 0 Å². The summed E-state index contributed by atoms with van der Waals surface area (Å²) in [6, 6.07) is 6.26. The van der Waals surface area contributed by atoms with Crippen molar-refractivity contribution in [3.05, 3.63) is 42.6 Å². The molecule has 0 aliphatic carbocycles. The molecule has 2 aromatic rings. The normalized spacial score (nSPS) is 11.2. The first kappa shape index (κ1) is 13.7. The van der Waals surface area contributed by atoms with Gasteiger partial charge in [0.05, 0.1) is 7.11 Å². The second-order valence-electron chi connectivity index (χ2n) is 5.03. The minimum Gasteiger partial charge on any atom is -0.497 e. The fourth-order valence-corrected chi connectivity index (χ4v) is 2.31. The molecule has 0 bridgehead atoms. The average Bonchev–Trinajstić information content (AvgIpc) is 2.74. The van der Waals surface area contributed by atoms with E-state index in [-0.39, 0.29) is 0 Å². The van der Waals surface area contributed by atoms with Crippen molar-refractivity contribution in [2.75, 3.05) is 27.7 Å². The van der Waals surface area contributed by atoms with Gasteiger partial charge in [0.1, 0.15) is 5.75 Å². The molecule has 2 rings (SSSR count). The Balaban J connectivity index is 2.44. The van der Waals surface area contributed by atoms with E-state index in [0.717, 1.165) is 25.3 Å². The Morgan fingerprint density at radius 3 is 2.79 bits per heavy atom. The zero-order valence-corrected chi connectivity index (χ0v) is 12.0. The molecule has 0 aliphatic rings. The number of hydrogen-bond donors (Lipinski definition) is 0. The molecule has 0 aliphatic heterocycles. The van der Waals surface area contributed by atoms with E-state index in [1.165, 1.54) is 16.5 Å². The summed E-state index contributed by atoms with van der Waals surface area (Å²) in [5.74, 6) is 0.912. The number of hydrogen-bond acceptors (Lipinski definition) is 2. The lowest BCUT2D eigenvalue weighted by Gasteiger charge is -2.08. The quantitative estimate of drug-likeness (QED) is 0.741. The van der Waals surface area contributed by atoms with E-state index in [4.69, 9.17) is 4.74 Å². The van der Waals surface area contributed by atoms with Gasteiger partial charge in [0, 0.05) is 30.2 Å². The molecule has 1 heterocycles. The number of nitrogens with zero attached hydrogens (tertiary/aromatic N) is 2. The minimum atomic E-state index is 0.838. The third-order valence-electron chi connectivity index (χ3n) is 3.32. The average molecular weight is 258 g/mol. The Morgan fingerprint density at radius 1 is 1.37 bits per heavy atom. The van der Waals surface area contributed by atoms with E-state index in [1.54, 1.807) is 7.11 Å². The highest BCUT2D eigenvalue weighted by Gasteiger charge is 2.09. The van der Waals surface area contributed by atoms with Gasteiger partial charge in [-0.1, -0.05) is 6.08 Å². The number of ether oxygens (including phenoxy) is 1. The SMILES string of the molecule is C=CCn1cc(CCN(C)C)c2cc(OC)ccc21. The van der Waals surface area contributed by atoms with Gasteiger partial charge in [0.15, 0.2) is 0 Å². The minimum absolute atomic E-state index is 0.838. The Labute approximate surface area is 115 Å². The number of methoxy groups -OCH3 is 1. The van der Waals surface area contributed by atoms with Gasteiger partial charge in [0.25, 0.3) is 0 Å². The van der Waals surface area contributed by atoms with Crippen molar-refractivity contribution in [2.45, 2.75) is 13.0 Å². The molecule has 102 valence electrons. The van der Waals surface area contributed by atoms with Crippen molar-refractivity contribution in [1.29, 1.82) is 0 Å². The predicted octanol–water partition coefficient (Wildman–Crippen LogP) is 2.94. The lowest BCUT2D eigenvalue weighted by molar-refractivity contribution is 0.413. The van der Waals surface area contributed by atoms with E-state index in [0.29, 0.717) is 0 Å². The number of allylic oxidation sites excluding steroid dienone is 1. The van der Waals surface area contributed by atoms with Gasteiger partial charge >= 0.3 is 0 Å². The molecule has 0 radical (unpaired) electrons. The summed E-state index contributed by atoms with van der Waals surface area (Å²) in [4.78, 5) is 2.21. The zero-order chi connectivity index (χ0) is 13.8. The first-order valence-corrected chi connectivity index (χ1v) is 6.57. The van der Waals surface area contributed by atoms with Crippen LogP contribution in [0.2, 0.25) is 0 Å². The van der Waals surface area contributed by atoms with Crippen molar-refractivity contribution >= 4 is 10.9 Å². The smallest absolute Gasteiger partial charge is 0.119 e. The van der Waals surface area contributed by atoms with Gasteiger partial charge in [-0.3, -0.25) is 0 Å². The van der Waals surface area contributed by atoms with Gasteiger partial charge in [-0.25, -0.2) is 0 Å². The molecule has 0 saturated heterocycles. The van der Waals surface area contributed by atoms with Crippen LogP contribution in [0.4, 0.5) is 0 Å². The van der Waals surface area contributed by atoms with E-state index in [9.17, 15) is 0 Å². The number of fused-ring (bicyclic) bond motifs is 1. The van der Waals surface area contributed by atoms with Crippen molar-refractivity contribution in [2.24, 2.45) is 0 Å². The van der Waals surface area contributed by atoms with Gasteiger partial charge in [-0.15, -0.1) is 6.58 Å². The zero-order valence-electron chi connectivity index (χ0n) is 12.0. The molecule has 3 nitrogen and oxygen atoms in total. The monoisotopic (exact) mass is 258 g/mol. The van der Waals surface area contributed by atoms with Crippen molar-refractivity contribution < 1.29 is 4.74 Å². The van der Waals surface area contributed by atoms with Gasteiger partial charge in [-0.2, -0.15) is 0 Å². The third-order valence-corrected chi connectivity index (χ3v) is 3.32. The Kier molecular flexibility index (Phi) is 4.27. The standard InChI is InChI=1S/C16H22N2O/c1-5-9-18-12-13(8-10-17(2)3)15-11-14(19-4)6-7-16(15)18/h5-7,11-12H,1,8-10H2,2-4H3. The second kappa shape index (κ2) is 5.93.